The van der Waals surface area contributed by atoms with Crippen molar-refractivity contribution in [3.8, 4) is 0 Å². The van der Waals surface area contributed by atoms with E-state index >= 15 is 0 Å². The number of hydrogen-bond acceptors (Lipinski definition) is 3. The van der Waals surface area contributed by atoms with Gasteiger partial charge in [0.2, 0.25) is 5.91 Å². The van der Waals surface area contributed by atoms with Crippen LogP contribution in [0.1, 0.15) is 18.4 Å². The quantitative estimate of drug-likeness (QED) is 0.868. The lowest BCUT2D eigenvalue weighted by molar-refractivity contribution is -0.137. The summed E-state index contributed by atoms with van der Waals surface area (Å²) in [6.45, 7) is 1.08. The molecule has 1 aromatic rings. The van der Waals surface area contributed by atoms with Gasteiger partial charge in [-0.1, -0.05) is 0 Å². The lowest BCUT2D eigenvalue weighted by Crippen LogP contribution is -2.48. The highest BCUT2D eigenvalue weighted by atomic mass is 19.4. The number of halogens is 3. The number of benzene rings is 1. The van der Waals surface area contributed by atoms with Crippen molar-refractivity contribution in [2.45, 2.75) is 25.1 Å². The average Bonchev–Trinajstić information content (AvgIpc) is 2.55. The predicted molar refractivity (Wildman–Crippen MR) is 85.1 cm³/mol. The van der Waals surface area contributed by atoms with Crippen LogP contribution in [0.25, 0.3) is 0 Å². The molecule has 138 valence electrons. The van der Waals surface area contributed by atoms with E-state index in [9.17, 15) is 22.8 Å². The molecule has 25 heavy (non-hydrogen) atoms. The van der Waals surface area contributed by atoms with E-state index in [0.29, 0.717) is 25.9 Å². The number of nitrogens with zero attached hydrogens (tertiary/aromatic N) is 1. The molecule has 0 aliphatic carbocycles. The third kappa shape index (κ3) is 5.63. The van der Waals surface area contributed by atoms with Gasteiger partial charge >= 0.3 is 12.2 Å². The zero-order valence-corrected chi connectivity index (χ0v) is 13.7. The lowest BCUT2D eigenvalue weighted by atomic mass is 10.1. The summed E-state index contributed by atoms with van der Waals surface area (Å²) in [6, 6.07) is 3.65. The average molecular weight is 359 g/mol. The van der Waals surface area contributed by atoms with Crippen LogP contribution in [0.2, 0.25) is 0 Å². The van der Waals surface area contributed by atoms with Crippen LogP contribution in [0.5, 0.6) is 0 Å². The fourth-order valence-electron chi connectivity index (χ4n) is 2.58. The standard InChI is InChI=1S/C16H20F3N3O3/c1-25-10-14(23)22-8-6-13(7-9-22)21-15(24)20-12-4-2-11(3-5-12)16(17,18)19/h2-5,13H,6-10H2,1H3,(H2,20,21,24). The number of likely N-dealkylation sites (tertiary alicyclic amines) is 1. The molecule has 1 aliphatic heterocycles. The largest absolute Gasteiger partial charge is 0.416 e. The van der Waals surface area contributed by atoms with Crippen molar-refractivity contribution in [1.29, 1.82) is 0 Å². The molecule has 2 rings (SSSR count). The number of anilines is 1. The number of rotatable bonds is 4. The normalized spacial score (nSPS) is 15.8. The number of methoxy groups -OCH3 is 1. The predicted octanol–water partition coefficient (Wildman–Crippen LogP) is 2.46. The number of amides is 3. The van der Waals surface area contributed by atoms with Crippen molar-refractivity contribution in [3.63, 3.8) is 0 Å². The molecule has 0 bridgehead atoms. The molecule has 0 saturated carbocycles. The van der Waals surface area contributed by atoms with Crippen LogP contribution in [0.4, 0.5) is 23.7 Å². The second-order valence-electron chi connectivity index (χ2n) is 5.76. The molecule has 1 heterocycles. The summed E-state index contributed by atoms with van der Waals surface area (Å²) >= 11 is 0. The fraction of sp³-hybridized carbons (Fsp3) is 0.500. The van der Waals surface area contributed by atoms with Crippen molar-refractivity contribution < 1.29 is 27.5 Å². The van der Waals surface area contributed by atoms with E-state index in [1.54, 1.807) is 4.90 Å². The smallest absolute Gasteiger partial charge is 0.375 e. The second-order valence-corrected chi connectivity index (χ2v) is 5.76. The molecule has 0 radical (unpaired) electrons. The molecule has 2 N–H and O–H groups in total. The highest BCUT2D eigenvalue weighted by Crippen LogP contribution is 2.29. The van der Waals surface area contributed by atoms with E-state index in [0.717, 1.165) is 12.1 Å². The minimum Gasteiger partial charge on any atom is -0.375 e. The molecular formula is C16H20F3N3O3. The highest BCUT2D eigenvalue weighted by Gasteiger charge is 2.30. The van der Waals surface area contributed by atoms with E-state index in [1.165, 1.54) is 19.2 Å². The number of carbonyl (C=O) groups excluding carboxylic acids is 2. The topological polar surface area (TPSA) is 70.7 Å². The zero-order chi connectivity index (χ0) is 18.4. The molecule has 0 spiro atoms. The number of hydrogen-bond donors (Lipinski definition) is 2. The molecule has 0 unspecified atom stereocenters. The van der Waals surface area contributed by atoms with Crippen LogP contribution >= 0.6 is 0 Å². The van der Waals surface area contributed by atoms with Crippen LogP contribution in [-0.4, -0.2) is 49.7 Å². The Bertz CT molecular complexity index is 597. The third-order valence-electron chi connectivity index (χ3n) is 3.92. The van der Waals surface area contributed by atoms with E-state index in [1.807, 2.05) is 0 Å². The first-order valence-corrected chi connectivity index (χ1v) is 7.81. The maximum atomic E-state index is 12.5. The minimum absolute atomic E-state index is 0.0342. The first-order valence-electron chi connectivity index (χ1n) is 7.81. The number of nitrogens with one attached hydrogen (secondary N) is 2. The molecular weight excluding hydrogens is 339 g/mol. The number of urea groups is 1. The fourth-order valence-corrected chi connectivity index (χ4v) is 2.58. The summed E-state index contributed by atoms with van der Waals surface area (Å²) in [7, 11) is 1.46. The van der Waals surface area contributed by atoms with Gasteiger partial charge < -0.3 is 20.3 Å². The SMILES string of the molecule is COCC(=O)N1CCC(NC(=O)Nc2ccc(C(F)(F)F)cc2)CC1. The molecule has 3 amide bonds. The summed E-state index contributed by atoms with van der Waals surface area (Å²) in [5.41, 5.74) is -0.496. The maximum absolute atomic E-state index is 12.5. The number of ether oxygens (including phenoxy) is 1. The molecule has 6 nitrogen and oxygen atoms in total. The van der Waals surface area contributed by atoms with E-state index < -0.39 is 17.8 Å². The molecule has 1 aromatic carbocycles. The van der Waals surface area contributed by atoms with Gasteiger partial charge in [-0.2, -0.15) is 13.2 Å². The Morgan fingerprint density at radius 2 is 1.80 bits per heavy atom. The van der Waals surface area contributed by atoms with Crippen molar-refractivity contribution in [2.24, 2.45) is 0 Å². The third-order valence-corrected chi connectivity index (χ3v) is 3.92. The number of carbonyl (C=O) groups is 2. The van der Waals surface area contributed by atoms with Crippen LogP contribution in [-0.2, 0) is 15.7 Å². The highest BCUT2D eigenvalue weighted by molar-refractivity contribution is 5.89. The Kier molecular flexibility index (Phi) is 6.24. The van der Waals surface area contributed by atoms with Gasteiger partial charge in [0.1, 0.15) is 6.61 Å². The molecule has 0 aromatic heterocycles. The zero-order valence-electron chi connectivity index (χ0n) is 13.7. The van der Waals surface area contributed by atoms with Gasteiger partial charge in [0.05, 0.1) is 5.56 Å². The number of piperidine rings is 1. The van der Waals surface area contributed by atoms with Crippen LogP contribution in [0.15, 0.2) is 24.3 Å². The van der Waals surface area contributed by atoms with Crippen LogP contribution < -0.4 is 10.6 Å². The first kappa shape index (κ1) is 19.0. The molecule has 9 heteroatoms. The summed E-state index contributed by atoms with van der Waals surface area (Å²) in [5, 5.41) is 5.27. The van der Waals surface area contributed by atoms with Crippen molar-refractivity contribution in [3.05, 3.63) is 29.8 Å². The van der Waals surface area contributed by atoms with Gasteiger partial charge in [-0.05, 0) is 37.1 Å². The molecule has 1 fully saturated rings. The van der Waals surface area contributed by atoms with Gasteiger partial charge in [-0.25, -0.2) is 4.79 Å². The van der Waals surface area contributed by atoms with Gasteiger partial charge in [0.25, 0.3) is 0 Å². The molecule has 1 saturated heterocycles. The van der Waals surface area contributed by atoms with Gasteiger partial charge in [-0.3, -0.25) is 4.79 Å². The minimum atomic E-state index is -4.41. The Morgan fingerprint density at radius 3 is 2.32 bits per heavy atom. The lowest BCUT2D eigenvalue weighted by Gasteiger charge is -2.32. The summed E-state index contributed by atoms with van der Waals surface area (Å²) < 4.78 is 42.3. The Labute approximate surface area is 143 Å². The van der Waals surface area contributed by atoms with Crippen LogP contribution in [0.3, 0.4) is 0 Å². The summed E-state index contributed by atoms with van der Waals surface area (Å²) in [5.74, 6) is -0.0878. The summed E-state index contributed by atoms with van der Waals surface area (Å²) in [6.07, 6.45) is -3.19. The first-order chi connectivity index (χ1) is 11.8. The monoisotopic (exact) mass is 359 g/mol. The van der Waals surface area contributed by atoms with E-state index in [4.69, 9.17) is 4.74 Å². The molecule has 1 aliphatic rings. The molecule has 0 atom stereocenters. The van der Waals surface area contributed by atoms with E-state index in [2.05, 4.69) is 10.6 Å². The number of alkyl halides is 3. The summed E-state index contributed by atoms with van der Waals surface area (Å²) in [4.78, 5) is 25.3. The second kappa shape index (κ2) is 8.19. The van der Waals surface area contributed by atoms with Crippen molar-refractivity contribution in [1.82, 2.24) is 10.2 Å². The van der Waals surface area contributed by atoms with E-state index in [-0.39, 0.29) is 24.2 Å². The van der Waals surface area contributed by atoms with Gasteiger partial charge in [0, 0.05) is 31.9 Å². The Balaban J connectivity index is 1.78. The van der Waals surface area contributed by atoms with Crippen molar-refractivity contribution in [2.75, 3.05) is 32.1 Å². The van der Waals surface area contributed by atoms with Crippen LogP contribution in [0, 0.1) is 0 Å². The maximum Gasteiger partial charge on any atom is 0.416 e. The van der Waals surface area contributed by atoms with Gasteiger partial charge in [0.15, 0.2) is 0 Å². The van der Waals surface area contributed by atoms with Gasteiger partial charge in [-0.15, -0.1) is 0 Å². The Morgan fingerprint density at radius 1 is 1.20 bits per heavy atom. The Hall–Kier alpha value is -2.29. The van der Waals surface area contributed by atoms with Crippen molar-refractivity contribution >= 4 is 17.6 Å².